The fourth-order valence-electron chi connectivity index (χ4n) is 3.97. The highest BCUT2D eigenvalue weighted by Crippen LogP contribution is 2.31. The van der Waals surface area contributed by atoms with E-state index in [0.29, 0.717) is 23.5 Å². The Morgan fingerprint density at radius 1 is 0.909 bits per heavy atom. The Kier molecular flexibility index (Phi) is 6.64. The molecule has 1 aliphatic heterocycles. The molecule has 0 unspecified atom stereocenters. The molecule has 0 aromatic heterocycles. The van der Waals surface area contributed by atoms with Crippen LogP contribution in [0.4, 0.5) is 17.1 Å². The summed E-state index contributed by atoms with van der Waals surface area (Å²) in [4.78, 5) is 38.9. The van der Waals surface area contributed by atoms with Crippen LogP contribution in [0.2, 0.25) is 0 Å². The second-order valence-electron chi connectivity index (χ2n) is 7.89. The third kappa shape index (κ3) is 5.36. The van der Waals surface area contributed by atoms with E-state index < -0.39 is 0 Å². The Labute approximate surface area is 192 Å². The van der Waals surface area contributed by atoms with Gasteiger partial charge >= 0.3 is 0 Å². The number of carbonyl (C=O) groups is 3. The van der Waals surface area contributed by atoms with Crippen molar-refractivity contribution < 1.29 is 14.4 Å². The zero-order valence-electron chi connectivity index (χ0n) is 18.2. The number of aryl methyl sites for hydroxylation is 1. The molecule has 1 aliphatic rings. The number of hydrogen-bond donors (Lipinski definition) is 2. The van der Waals surface area contributed by atoms with Gasteiger partial charge in [-0.2, -0.15) is 0 Å². The van der Waals surface area contributed by atoms with Crippen LogP contribution in [0.15, 0.2) is 85.5 Å². The highest BCUT2D eigenvalue weighted by atomic mass is 16.2. The van der Waals surface area contributed by atoms with Crippen molar-refractivity contribution >= 4 is 34.8 Å². The first-order valence-corrected chi connectivity index (χ1v) is 10.9. The first-order chi connectivity index (χ1) is 16.0. The molecule has 0 aliphatic carbocycles. The minimum atomic E-state index is -0.301. The molecule has 3 aromatic rings. The predicted octanol–water partition coefficient (Wildman–Crippen LogP) is 4.59. The smallest absolute Gasteiger partial charge is 0.258 e. The van der Waals surface area contributed by atoms with Crippen LogP contribution in [0.5, 0.6) is 0 Å². The lowest BCUT2D eigenvalue weighted by molar-refractivity contribution is -0.115. The van der Waals surface area contributed by atoms with Crippen molar-refractivity contribution in [2.75, 3.05) is 22.1 Å². The Morgan fingerprint density at radius 3 is 2.48 bits per heavy atom. The molecular formula is C27H25N3O3. The van der Waals surface area contributed by atoms with Crippen LogP contribution < -0.4 is 15.5 Å². The SMILES string of the molecule is C=CC(=O)Nc1cccc(CC(=O)Nc2ccc3c(c2)CCCN3C(=O)c2ccccc2)c1. The number of amides is 3. The third-order valence-corrected chi connectivity index (χ3v) is 5.49. The molecule has 0 saturated carbocycles. The Balaban J connectivity index is 1.44. The lowest BCUT2D eigenvalue weighted by atomic mass is 10.00. The van der Waals surface area contributed by atoms with Gasteiger partial charge in [0.2, 0.25) is 11.8 Å². The van der Waals surface area contributed by atoms with Crippen LogP contribution >= 0.6 is 0 Å². The molecule has 3 amide bonds. The monoisotopic (exact) mass is 439 g/mol. The summed E-state index contributed by atoms with van der Waals surface area (Å²) in [5, 5.41) is 5.64. The summed E-state index contributed by atoms with van der Waals surface area (Å²) >= 11 is 0. The van der Waals surface area contributed by atoms with E-state index in [2.05, 4.69) is 17.2 Å². The fourth-order valence-corrected chi connectivity index (χ4v) is 3.97. The summed E-state index contributed by atoms with van der Waals surface area (Å²) < 4.78 is 0. The molecule has 6 nitrogen and oxygen atoms in total. The second-order valence-corrected chi connectivity index (χ2v) is 7.89. The van der Waals surface area contributed by atoms with Crippen LogP contribution in [0.25, 0.3) is 0 Å². The number of nitrogens with zero attached hydrogens (tertiary/aromatic N) is 1. The molecule has 166 valence electrons. The topological polar surface area (TPSA) is 78.5 Å². The number of carbonyl (C=O) groups excluding carboxylic acids is 3. The maximum absolute atomic E-state index is 13.0. The van der Waals surface area contributed by atoms with Crippen molar-refractivity contribution in [1.29, 1.82) is 0 Å². The zero-order valence-corrected chi connectivity index (χ0v) is 18.2. The van der Waals surface area contributed by atoms with E-state index in [0.717, 1.165) is 29.7 Å². The number of benzene rings is 3. The molecule has 2 N–H and O–H groups in total. The van der Waals surface area contributed by atoms with E-state index in [1.54, 1.807) is 18.2 Å². The van der Waals surface area contributed by atoms with E-state index in [1.165, 1.54) is 6.08 Å². The molecule has 4 rings (SSSR count). The van der Waals surface area contributed by atoms with Crippen molar-refractivity contribution in [1.82, 2.24) is 0 Å². The van der Waals surface area contributed by atoms with Crippen molar-refractivity contribution in [3.63, 3.8) is 0 Å². The average molecular weight is 440 g/mol. The fraction of sp³-hybridized carbons (Fsp3) is 0.148. The molecule has 1 heterocycles. The van der Waals surface area contributed by atoms with E-state index in [9.17, 15) is 14.4 Å². The highest BCUT2D eigenvalue weighted by molar-refractivity contribution is 6.07. The lowest BCUT2D eigenvalue weighted by Crippen LogP contribution is -2.35. The molecule has 0 spiro atoms. The number of nitrogens with one attached hydrogen (secondary N) is 2. The zero-order chi connectivity index (χ0) is 23.2. The highest BCUT2D eigenvalue weighted by Gasteiger charge is 2.23. The van der Waals surface area contributed by atoms with Gasteiger partial charge < -0.3 is 15.5 Å². The van der Waals surface area contributed by atoms with Crippen molar-refractivity contribution in [3.05, 3.63) is 102 Å². The van der Waals surface area contributed by atoms with Gasteiger partial charge in [-0.1, -0.05) is 36.9 Å². The number of rotatable bonds is 6. The molecule has 0 bridgehead atoms. The molecule has 6 heteroatoms. The van der Waals surface area contributed by atoms with Crippen LogP contribution in [-0.4, -0.2) is 24.3 Å². The maximum atomic E-state index is 13.0. The Morgan fingerprint density at radius 2 is 1.70 bits per heavy atom. The van der Waals surface area contributed by atoms with Gasteiger partial charge in [0.25, 0.3) is 5.91 Å². The largest absolute Gasteiger partial charge is 0.326 e. The Hall–Kier alpha value is -4.19. The molecule has 0 radical (unpaired) electrons. The summed E-state index contributed by atoms with van der Waals surface area (Å²) in [6, 6.07) is 22.1. The molecule has 0 fully saturated rings. The van der Waals surface area contributed by atoms with Crippen molar-refractivity contribution in [2.45, 2.75) is 19.3 Å². The molecule has 33 heavy (non-hydrogen) atoms. The van der Waals surface area contributed by atoms with Gasteiger partial charge in [-0.3, -0.25) is 14.4 Å². The summed E-state index contributed by atoms with van der Waals surface area (Å²) in [7, 11) is 0. The minimum Gasteiger partial charge on any atom is -0.326 e. The van der Waals surface area contributed by atoms with Crippen molar-refractivity contribution in [3.8, 4) is 0 Å². The van der Waals surface area contributed by atoms with Crippen LogP contribution in [0.1, 0.15) is 27.9 Å². The number of fused-ring (bicyclic) bond motifs is 1. The van der Waals surface area contributed by atoms with Crippen LogP contribution in [0.3, 0.4) is 0 Å². The maximum Gasteiger partial charge on any atom is 0.258 e. The van der Waals surface area contributed by atoms with Gasteiger partial charge in [0, 0.05) is 29.2 Å². The van der Waals surface area contributed by atoms with Gasteiger partial charge in [0.05, 0.1) is 6.42 Å². The van der Waals surface area contributed by atoms with Gasteiger partial charge in [-0.05, 0) is 72.5 Å². The normalized spacial score (nSPS) is 12.4. The van der Waals surface area contributed by atoms with E-state index in [-0.39, 0.29) is 24.1 Å². The van der Waals surface area contributed by atoms with E-state index in [1.807, 2.05) is 59.5 Å². The predicted molar refractivity (Wildman–Crippen MR) is 130 cm³/mol. The molecule has 3 aromatic carbocycles. The van der Waals surface area contributed by atoms with Gasteiger partial charge in [0.15, 0.2) is 0 Å². The summed E-state index contributed by atoms with van der Waals surface area (Å²) in [5.74, 6) is -0.475. The average Bonchev–Trinajstić information content (AvgIpc) is 2.83. The van der Waals surface area contributed by atoms with Gasteiger partial charge in [0.1, 0.15) is 0 Å². The van der Waals surface area contributed by atoms with Crippen molar-refractivity contribution in [2.24, 2.45) is 0 Å². The lowest BCUT2D eigenvalue weighted by Gasteiger charge is -2.30. The van der Waals surface area contributed by atoms with Gasteiger partial charge in [-0.25, -0.2) is 0 Å². The molecule has 0 saturated heterocycles. The standard InChI is InChI=1S/C27H25N3O3/c1-2-25(31)28-22-12-6-8-19(16-22)17-26(32)29-23-13-14-24-21(18-23)11-7-15-30(24)27(33)20-9-4-3-5-10-20/h2-6,8-10,12-14,16,18H,1,7,11,15,17H2,(H,28,31)(H,29,32). The minimum absolute atomic E-state index is 0.0169. The molecule has 0 atom stereocenters. The quantitative estimate of drug-likeness (QED) is 0.552. The van der Waals surface area contributed by atoms with E-state index >= 15 is 0 Å². The van der Waals surface area contributed by atoms with Crippen LogP contribution in [-0.2, 0) is 22.4 Å². The number of hydrogen-bond acceptors (Lipinski definition) is 3. The Bertz CT molecular complexity index is 1200. The summed E-state index contributed by atoms with van der Waals surface area (Å²) in [6.07, 6.45) is 3.09. The van der Waals surface area contributed by atoms with Crippen LogP contribution in [0, 0.1) is 0 Å². The van der Waals surface area contributed by atoms with E-state index in [4.69, 9.17) is 0 Å². The third-order valence-electron chi connectivity index (χ3n) is 5.49. The first kappa shape index (κ1) is 22.0. The second kappa shape index (κ2) is 9.96. The first-order valence-electron chi connectivity index (χ1n) is 10.9. The molecular weight excluding hydrogens is 414 g/mol. The summed E-state index contributed by atoms with van der Waals surface area (Å²) in [5.41, 5.74) is 4.68. The van der Waals surface area contributed by atoms with Gasteiger partial charge in [-0.15, -0.1) is 0 Å². The number of anilines is 3. The summed E-state index contributed by atoms with van der Waals surface area (Å²) in [6.45, 7) is 4.11.